The molecule has 0 aromatic heterocycles. The summed E-state index contributed by atoms with van der Waals surface area (Å²) in [5.41, 5.74) is 0. The lowest BCUT2D eigenvalue weighted by atomic mass is 10.1. The van der Waals surface area contributed by atoms with Crippen molar-refractivity contribution in [3.05, 3.63) is 0 Å². The smallest absolute Gasteiger partial charge is 0.320 e. The molecule has 8 heteroatoms. The maximum Gasteiger partial charge on any atom is 0.320 e. The van der Waals surface area contributed by atoms with Crippen molar-refractivity contribution in [1.29, 1.82) is 0 Å². The number of aliphatic carboxylic acids is 1. The van der Waals surface area contributed by atoms with E-state index in [-0.39, 0.29) is 18.5 Å². The van der Waals surface area contributed by atoms with Gasteiger partial charge >= 0.3 is 5.97 Å². The Morgan fingerprint density at radius 3 is 2.65 bits per heavy atom. The highest BCUT2D eigenvalue weighted by atomic mass is 32.2. The van der Waals surface area contributed by atoms with Crippen LogP contribution in [0.5, 0.6) is 0 Å². The zero-order chi connectivity index (χ0) is 13.1. The predicted molar refractivity (Wildman–Crippen MR) is 59.8 cm³/mol. The third kappa shape index (κ3) is 4.31. The SMILES string of the molecule is CC(=O)NC1CCCN(S(=O)(=O)CC(=O)O)C1. The Balaban J connectivity index is 2.66. The van der Waals surface area contributed by atoms with Crippen LogP contribution >= 0.6 is 0 Å². The van der Waals surface area contributed by atoms with Crippen LogP contribution in [0.3, 0.4) is 0 Å². The summed E-state index contributed by atoms with van der Waals surface area (Å²) in [5, 5.41) is 11.2. The lowest BCUT2D eigenvalue weighted by Gasteiger charge is -2.31. The molecule has 1 atom stereocenters. The standard InChI is InChI=1S/C9H16N2O5S/c1-7(12)10-8-3-2-4-11(5-8)17(15,16)6-9(13)14/h8H,2-6H2,1H3,(H,10,12)(H,13,14). The van der Waals surface area contributed by atoms with Gasteiger partial charge < -0.3 is 10.4 Å². The van der Waals surface area contributed by atoms with Crippen molar-refractivity contribution in [3.8, 4) is 0 Å². The van der Waals surface area contributed by atoms with E-state index >= 15 is 0 Å². The lowest BCUT2D eigenvalue weighted by molar-refractivity contribution is -0.134. The summed E-state index contributed by atoms with van der Waals surface area (Å²) in [6.45, 7) is 1.82. The molecule has 0 aromatic carbocycles. The van der Waals surface area contributed by atoms with E-state index in [4.69, 9.17) is 5.11 Å². The highest BCUT2D eigenvalue weighted by Gasteiger charge is 2.30. The van der Waals surface area contributed by atoms with Crippen molar-refractivity contribution in [2.45, 2.75) is 25.8 Å². The van der Waals surface area contributed by atoms with Crippen molar-refractivity contribution in [3.63, 3.8) is 0 Å². The zero-order valence-electron chi connectivity index (χ0n) is 9.55. The predicted octanol–water partition coefficient (Wildman–Crippen LogP) is -0.999. The fourth-order valence-electron chi connectivity index (χ4n) is 1.85. The molecule has 0 aromatic rings. The molecule has 2 N–H and O–H groups in total. The minimum absolute atomic E-state index is 0.148. The van der Waals surface area contributed by atoms with Crippen LogP contribution in [0.4, 0.5) is 0 Å². The van der Waals surface area contributed by atoms with Crippen LogP contribution in [0.25, 0.3) is 0 Å². The van der Waals surface area contributed by atoms with Gasteiger partial charge in [-0.1, -0.05) is 0 Å². The van der Waals surface area contributed by atoms with Gasteiger partial charge in [0.25, 0.3) is 0 Å². The highest BCUT2D eigenvalue weighted by Crippen LogP contribution is 2.14. The Hall–Kier alpha value is -1.15. The van der Waals surface area contributed by atoms with Gasteiger partial charge in [0.1, 0.15) is 0 Å². The van der Waals surface area contributed by atoms with Gasteiger partial charge in [0.2, 0.25) is 15.9 Å². The number of hydrogen-bond acceptors (Lipinski definition) is 4. The first-order chi connectivity index (χ1) is 7.81. The summed E-state index contributed by atoms with van der Waals surface area (Å²) < 4.78 is 24.4. The van der Waals surface area contributed by atoms with Crippen molar-refractivity contribution in [1.82, 2.24) is 9.62 Å². The Morgan fingerprint density at radius 2 is 2.12 bits per heavy atom. The van der Waals surface area contributed by atoms with Gasteiger partial charge in [0, 0.05) is 26.1 Å². The molecule has 1 rings (SSSR count). The van der Waals surface area contributed by atoms with E-state index in [1.165, 1.54) is 6.92 Å². The molecule has 7 nitrogen and oxygen atoms in total. The number of nitrogens with zero attached hydrogens (tertiary/aromatic N) is 1. The maximum absolute atomic E-state index is 11.7. The molecule has 1 fully saturated rings. The summed E-state index contributed by atoms with van der Waals surface area (Å²) in [6, 6.07) is -0.232. The van der Waals surface area contributed by atoms with Crippen LogP contribution in [0.2, 0.25) is 0 Å². The number of hydrogen-bond donors (Lipinski definition) is 2. The molecule has 1 saturated heterocycles. The Labute approximate surface area is 99.8 Å². The summed E-state index contributed by atoms with van der Waals surface area (Å²) in [4.78, 5) is 21.3. The largest absolute Gasteiger partial charge is 0.480 e. The Morgan fingerprint density at radius 1 is 1.47 bits per heavy atom. The molecule has 1 aliphatic heterocycles. The maximum atomic E-state index is 11.7. The van der Waals surface area contributed by atoms with Crippen LogP contribution in [0.15, 0.2) is 0 Å². The van der Waals surface area contributed by atoms with E-state index in [0.29, 0.717) is 19.4 Å². The number of carbonyl (C=O) groups excluding carboxylic acids is 1. The van der Waals surface area contributed by atoms with Gasteiger partial charge in [-0.3, -0.25) is 9.59 Å². The third-order valence-electron chi connectivity index (χ3n) is 2.49. The van der Waals surface area contributed by atoms with E-state index < -0.39 is 21.7 Å². The first-order valence-electron chi connectivity index (χ1n) is 5.28. The van der Waals surface area contributed by atoms with Crippen LogP contribution < -0.4 is 5.32 Å². The summed E-state index contributed by atoms with van der Waals surface area (Å²) in [6.07, 6.45) is 1.32. The Bertz CT molecular complexity index is 406. The minimum atomic E-state index is -3.77. The van der Waals surface area contributed by atoms with Gasteiger partial charge in [0.05, 0.1) is 0 Å². The molecule has 1 unspecified atom stereocenters. The number of carboxylic acid groups (broad SMARTS) is 1. The van der Waals surface area contributed by atoms with E-state index in [1.54, 1.807) is 0 Å². The number of amides is 1. The molecular formula is C9H16N2O5S. The number of piperidine rings is 1. The monoisotopic (exact) mass is 264 g/mol. The van der Waals surface area contributed by atoms with E-state index in [1.807, 2.05) is 0 Å². The normalized spacial score (nSPS) is 22.1. The van der Waals surface area contributed by atoms with Crippen LogP contribution in [-0.4, -0.2) is 54.6 Å². The average molecular weight is 264 g/mol. The molecule has 1 amide bonds. The highest BCUT2D eigenvalue weighted by molar-refractivity contribution is 7.89. The quantitative estimate of drug-likeness (QED) is 0.678. The van der Waals surface area contributed by atoms with Gasteiger partial charge in [-0.15, -0.1) is 0 Å². The second-order valence-electron chi connectivity index (χ2n) is 4.05. The number of sulfonamides is 1. The lowest BCUT2D eigenvalue weighted by Crippen LogP contribution is -2.50. The summed E-state index contributed by atoms with van der Waals surface area (Å²) in [5.74, 6) is -2.49. The topological polar surface area (TPSA) is 104 Å². The third-order valence-corrected chi connectivity index (χ3v) is 4.22. The molecule has 98 valence electrons. The first kappa shape index (κ1) is 13.9. The molecule has 1 aliphatic rings. The summed E-state index contributed by atoms with van der Waals surface area (Å²) >= 11 is 0. The van der Waals surface area contributed by atoms with Gasteiger partial charge in [-0.2, -0.15) is 4.31 Å². The molecule has 0 saturated carbocycles. The second kappa shape index (κ2) is 5.46. The van der Waals surface area contributed by atoms with Gasteiger partial charge in [-0.25, -0.2) is 8.42 Å². The molecule has 0 radical (unpaired) electrons. The van der Waals surface area contributed by atoms with Gasteiger partial charge in [-0.05, 0) is 12.8 Å². The summed E-state index contributed by atoms with van der Waals surface area (Å²) in [7, 11) is -3.77. The van der Waals surface area contributed by atoms with E-state index in [0.717, 1.165) is 4.31 Å². The fourth-order valence-corrected chi connectivity index (χ4v) is 3.16. The van der Waals surface area contributed by atoms with Crippen LogP contribution in [0, 0.1) is 0 Å². The number of carbonyl (C=O) groups is 2. The van der Waals surface area contributed by atoms with Crippen LogP contribution in [0.1, 0.15) is 19.8 Å². The van der Waals surface area contributed by atoms with Crippen molar-refractivity contribution >= 4 is 21.9 Å². The van der Waals surface area contributed by atoms with Crippen molar-refractivity contribution in [2.75, 3.05) is 18.8 Å². The second-order valence-corrected chi connectivity index (χ2v) is 6.02. The molecule has 0 aliphatic carbocycles. The number of rotatable bonds is 4. The number of carboxylic acids is 1. The van der Waals surface area contributed by atoms with Crippen LogP contribution in [-0.2, 0) is 19.6 Å². The number of nitrogens with one attached hydrogen (secondary N) is 1. The van der Waals surface area contributed by atoms with Crippen molar-refractivity contribution < 1.29 is 23.1 Å². The first-order valence-corrected chi connectivity index (χ1v) is 6.89. The van der Waals surface area contributed by atoms with Crippen molar-refractivity contribution in [2.24, 2.45) is 0 Å². The molecule has 17 heavy (non-hydrogen) atoms. The van der Waals surface area contributed by atoms with Gasteiger partial charge in [0.15, 0.2) is 5.75 Å². The average Bonchev–Trinajstić information content (AvgIpc) is 2.15. The van der Waals surface area contributed by atoms with E-state index in [2.05, 4.69) is 5.32 Å². The zero-order valence-corrected chi connectivity index (χ0v) is 10.4. The fraction of sp³-hybridized carbons (Fsp3) is 0.778. The van der Waals surface area contributed by atoms with E-state index in [9.17, 15) is 18.0 Å². The molecule has 0 bridgehead atoms. The molecule has 0 spiro atoms. The molecule has 1 heterocycles. The minimum Gasteiger partial charge on any atom is -0.480 e. The Kier molecular flexibility index (Phi) is 4.47. The molecular weight excluding hydrogens is 248 g/mol.